The molecule has 226 valence electrons. The SMILES string of the molecule is C1=c2ccccc2=CC(c2cccc3oc4cccc(-c5nc(-c6ccccc6)nc(-c6cccc7sc8ccccc8c67)n5)c4c23)C1. The second kappa shape index (κ2) is 10.8. The molecular formula is C43H27N3OS. The monoisotopic (exact) mass is 633 g/mol. The third-order valence-electron chi connectivity index (χ3n) is 9.47. The number of rotatable bonds is 4. The maximum absolute atomic E-state index is 6.55. The summed E-state index contributed by atoms with van der Waals surface area (Å²) in [6.07, 6.45) is 5.67. The molecule has 0 aliphatic heterocycles. The number of benzene rings is 6. The standard InChI is InChI=1S/C43H27N3OS/c1-2-12-27(13-3-1)41-44-42(32-18-10-22-37-38(32)31-15-6-7-21-36(31)48-37)46-43(45-41)33-17-9-20-35-40(33)39-30(16-8-19-34(39)47-35)29-24-23-26-11-4-5-14-28(26)25-29/h1-23,25,29H,24H2. The summed E-state index contributed by atoms with van der Waals surface area (Å²) in [6.45, 7) is 0. The second-order valence-electron chi connectivity index (χ2n) is 12.3. The van der Waals surface area contributed by atoms with Gasteiger partial charge in [-0.15, -0.1) is 11.3 Å². The lowest BCUT2D eigenvalue weighted by Gasteiger charge is -2.16. The molecule has 48 heavy (non-hydrogen) atoms. The predicted octanol–water partition coefficient (Wildman–Crippen LogP) is 9.89. The van der Waals surface area contributed by atoms with Gasteiger partial charge in [-0.1, -0.05) is 121 Å². The van der Waals surface area contributed by atoms with Crippen LogP contribution in [0.5, 0.6) is 0 Å². The van der Waals surface area contributed by atoms with E-state index in [2.05, 4.69) is 115 Å². The molecule has 0 N–H and O–H groups in total. The van der Waals surface area contributed by atoms with Crippen LogP contribution in [0, 0.1) is 0 Å². The van der Waals surface area contributed by atoms with Crippen LogP contribution >= 0.6 is 11.3 Å². The minimum atomic E-state index is 0.218. The van der Waals surface area contributed by atoms with E-state index in [0.717, 1.165) is 45.0 Å². The van der Waals surface area contributed by atoms with Crippen molar-refractivity contribution in [3.8, 4) is 34.2 Å². The number of nitrogens with zero attached hydrogens (tertiary/aromatic N) is 3. The van der Waals surface area contributed by atoms with E-state index in [0.29, 0.717) is 17.5 Å². The number of fused-ring (bicyclic) bond motifs is 7. The molecule has 0 fully saturated rings. The molecule has 3 heterocycles. The Balaban J connectivity index is 1.25. The summed E-state index contributed by atoms with van der Waals surface area (Å²) in [4.78, 5) is 15.6. The highest BCUT2D eigenvalue weighted by Gasteiger charge is 2.23. The zero-order valence-electron chi connectivity index (χ0n) is 25.8. The van der Waals surface area contributed by atoms with Crippen LogP contribution in [0.4, 0.5) is 0 Å². The highest BCUT2D eigenvalue weighted by Crippen LogP contribution is 2.43. The van der Waals surface area contributed by atoms with Gasteiger partial charge in [0.15, 0.2) is 17.5 Å². The van der Waals surface area contributed by atoms with Crippen molar-refractivity contribution >= 4 is 65.6 Å². The van der Waals surface area contributed by atoms with E-state index in [9.17, 15) is 0 Å². The van der Waals surface area contributed by atoms with Crippen LogP contribution in [0.2, 0.25) is 0 Å². The predicted molar refractivity (Wildman–Crippen MR) is 198 cm³/mol. The maximum atomic E-state index is 6.55. The van der Waals surface area contributed by atoms with Crippen LogP contribution < -0.4 is 10.4 Å². The molecule has 6 aromatic carbocycles. The molecule has 1 unspecified atom stereocenters. The van der Waals surface area contributed by atoms with Crippen LogP contribution in [0.3, 0.4) is 0 Å². The number of hydrogen-bond acceptors (Lipinski definition) is 5. The Morgan fingerprint density at radius 1 is 0.521 bits per heavy atom. The fourth-order valence-electron chi connectivity index (χ4n) is 7.29. The number of furan rings is 1. The molecule has 1 atom stereocenters. The Bertz CT molecular complexity index is 2830. The summed E-state index contributed by atoms with van der Waals surface area (Å²) in [7, 11) is 0. The first-order valence-corrected chi connectivity index (χ1v) is 17.0. The normalized spacial score (nSPS) is 14.3. The fraction of sp³-hybridized carbons (Fsp3) is 0.0465. The largest absolute Gasteiger partial charge is 0.456 e. The van der Waals surface area contributed by atoms with Crippen LogP contribution in [0.15, 0.2) is 138 Å². The zero-order chi connectivity index (χ0) is 31.6. The van der Waals surface area contributed by atoms with Crippen molar-refractivity contribution in [1.29, 1.82) is 0 Å². The summed E-state index contributed by atoms with van der Waals surface area (Å²) in [5, 5.41) is 7.10. The summed E-state index contributed by atoms with van der Waals surface area (Å²) in [5.74, 6) is 2.15. The third-order valence-corrected chi connectivity index (χ3v) is 10.6. The molecule has 10 rings (SSSR count). The first kappa shape index (κ1) is 27.2. The van der Waals surface area contributed by atoms with Crippen molar-refractivity contribution in [3.05, 3.63) is 149 Å². The minimum Gasteiger partial charge on any atom is -0.456 e. The smallest absolute Gasteiger partial charge is 0.164 e. The average molecular weight is 634 g/mol. The van der Waals surface area contributed by atoms with Crippen LogP contribution in [-0.2, 0) is 0 Å². The molecular weight excluding hydrogens is 607 g/mol. The van der Waals surface area contributed by atoms with E-state index in [4.69, 9.17) is 19.4 Å². The van der Waals surface area contributed by atoms with Crippen molar-refractivity contribution in [3.63, 3.8) is 0 Å². The first-order chi connectivity index (χ1) is 23.8. The quantitative estimate of drug-likeness (QED) is 0.194. The summed E-state index contributed by atoms with van der Waals surface area (Å²) < 4.78 is 9.01. The van der Waals surface area contributed by atoms with Crippen molar-refractivity contribution in [2.75, 3.05) is 0 Å². The third kappa shape index (κ3) is 4.32. The van der Waals surface area contributed by atoms with Crippen molar-refractivity contribution < 1.29 is 4.42 Å². The average Bonchev–Trinajstić information content (AvgIpc) is 3.73. The van der Waals surface area contributed by atoms with Crippen LogP contribution in [-0.4, -0.2) is 15.0 Å². The Morgan fingerprint density at radius 3 is 2.02 bits per heavy atom. The van der Waals surface area contributed by atoms with Gasteiger partial charge >= 0.3 is 0 Å². The molecule has 9 aromatic rings. The topological polar surface area (TPSA) is 51.8 Å². The Hall–Kier alpha value is -5.91. The van der Waals surface area contributed by atoms with Gasteiger partial charge < -0.3 is 4.42 Å². The van der Waals surface area contributed by atoms with Crippen molar-refractivity contribution in [2.24, 2.45) is 0 Å². The summed E-state index contributed by atoms with van der Waals surface area (Å²) >= 11 is 1.80. The fourth-order valence-corrected chi connectivity index (χ4v) is 8.42. The van der Waals surface area contributed by atoms with E-state index in [1.54, 1.807) is 11.3 Å². The zero-order valence-corrected chi connectivity index (χ0v) is 26.6. The highest BCUT2D eigenvalue weighted by molar-refractivity contribution is 7.25. The van der Waals surface area contributed by atoms with E-state index >= 15 is 0 Å². The minimum absolute atomic E-state index is 0.218. The maximum Gasteiger partial charge on any atom is 0.164 e. The van der Waals surface area contributed by atoms with Crippen molar-refractivity contribution in [1.82, 2.24) is 15.0 Å². The molecule has 4 nitrogen and oxygen atoms in total. The lowest BCUT2D eigenvalue weighted by atomic mass is 9.87. The number of hydrogen-bond donors (Lipinski definition) is 0. The molecule has 5 heteroatoms. The number of aromatic nitrogens is 3. The van der Waals surface area contributed by atoms with Crippen LogP contribution in [0.1, 0.15) is 17.9 Å². The van der Waals surface area contributed by atoms with Gasteiger partial charge in [0.2, 0.25) is 0 Å². The van der Waals surface area contributed by atoms with Gasteiger partial charge in [-0.3, -0.25) is 0 Å². The van der Waals surface area contributed by atoms with E-state index in [1.807, 2.05) is 30.3 Å². The molecule has 0 spiro atoms. The molecule has 0 amide bonds. The lowest BCUT2D eigenvalue weighted by molar-refractivity contribution is 0.668. The molecule has 0 bridgehead atoms. The Kier molecular flexibility index (Phi) is 6.14. The highest BCUT2D eigenvalue weighted by atomic mass is 32.1. The van der Waals surface area contributed by atoms with E-state index < -0.39 is 0 Å². The van der Waals surface area contributed by atoms with E-state index in [1.165, 1.54) is 36.2 Å². The lowest BCUT2D eigenvalue weighted by Crippen LogP contribution is -2.27. The van der Waals surface area contributed by atoms with Gasteiger partial charge in [-0.25, -0.2) is 15.0 Å². The first-order valence-electron chi connectivity index (χ1n) is 16.2. The van der Waals surface area contributed by atoms with Gasteiger partial charge in [0.05, 0.1) is 0 Å². The Morgan fingerprint density at radius 2 is 1.17 bits per heavy atom. The van der Waals surface area contributed by atoms with Gasteiger partial charge in [-0.2, -0.15) is 0 Å². The van der Waals surface area contributed by atoms with E-state index in [-0.39, 0.29) is 5.92 Å². The number of thiophene rings is 1. The molecule has 1 aliphatic carbocycles. The molecule has 0 saturated heterocycles. The molecule has 1 aliphatic rings. The van der Waals surface area contributed by atoms with Gasteiger partial charge in [-0.05, 0) is 46.7 Å². The summed E-state index contributed by atoms with van der Waals surface area (Å²) in [6, 6.07) is 46.4. The van der Waals surface area contributed by atoms with Crippen molar-refractivity contribution in [2.45, 2.75) is 12.3 Å². The van der Waals surface area contributed by atoms with Gasteiger partial charge in [0.1, 0.15) is 11.2 Å². The van der Waals surface area contributed by atoms with Gasteiger partial charge in [0, 0.05) is 53.6 Å². The molecule has 0 saturated carbocycles. The molecule has 3 aromatic heterocycles. The Labute approximate surface area is 280 Å². The second-order valence-corrected chi connectivity index (χ2v) is 13.4. The van der Waals surface area contributed by atoms with Gasteiger partial charge in [0.25, 0.3) is 0 Å². The van der Waals surface area contributed by atoms with Crippen LogP contribution in [0.25, 0.3) is 88.4 Å². The summed E-state index contributed by atoms with van der Waals surface area (Å²) in [5.41, 5.74) is 5.82. The molecule has 0 radical (unpaired) electrons.